The Labute approximate surface area is 188 Å². The molecule has 0 atom stereocenters. The molecule has 0 unspecified atom stereocenters. The summed E-state index contributed by atoms with van der Waals surface area (Å²) in [5, 5.41) is 2.50. The molecule has 30 heavy (non-hydrogen) atoms. The van der Waals surface area contributed by atoms with Crippen LogP contribution in [0.15, 0.2) is 47.6 Å². The SMILES string of the molecule is CC(=O)Nc1cc(-c2cnc(Cl)c(NS(=O)(=O)c3c(Cl)cccc3Cl)c2C)ccn1. The average molecular weight is 486 g/mol. The third-order valence-electron chi connectivity index (χ3n) is 4.09. The molecule has 0 bridgehead atoms. The van der Waals surface area contributed by atoms with E-state index in [-0.39, 0.29) is 31.7 Å². The maximum atomic E-state index is 12.9. The van der Waals surface area contributed by atoms with Crippen molar-refractivity contribution in [3.8, 4) is 11.1 Å². The Morgan fingerprint density at radius 3 is 2.37 bits per heavy atom. The van der Waals surface area contributed by atoms with Crippen LogP contribution in [-0.4, -0.2) is 24.3 Å². The number of hydrogen-bond acceptors (Lipinski definition) is 5. The number of aromatic nitrogens is 2. The largest absolute Gasteiger partial charge is 0.311 e. The molecule has 7 nitrogen and oxygen atoms in total. The minimum atomic E-state index is -4.15. The second-order valence-electron chi connectivity index (χ2n) is 6.23. The van der Waals surface area contributed by atoms with E-state index in [0.29, 0.717) is 22.5 Å². The lowest BCUT2D eigenvalue weighted by Crippen LogP contribution is -2.16. The minimum absolute atomic E-state index is 0.0260. The summed E-state index contributed by atoms with van der Waals surface area (Å²) in [5.74, 6) is 0.0787. The van der Waals surface area contributed by atoms with E-state index < -0.39 is 10.0 Å². The molecule has 0 aliphatic rings. The number of nitrogens with one attached hydrogen (secondary N) is 2. The van der Waals surface area contributed by atoms with Gasteiger partial charge in [-0.15, -0.1) is 0 Å². The van der Waals surface area contributed by atoms with Crippen LogP contribution in [0.5, 0.6) is 0 Å². The van der Waals surface area contributed by atoms with Crippen molar-refractivity contribution in [3.05, 3.63) is 63.5 Å². The number of hydrogen-bond donors (Lipinski definition) is 2. The van der Waals surface area contributed by atoms with Gasteiger partial charge in [-0.3, -0.25) is 9.52 Å². The van der Waals surface area contributed by atoms with Crippen molar-refractivity contribution >= 4 is 62.2 Å². The smallest absolute Gasteiger partial charge is 0.264 e. The number of amides is 1. The van der Waals surface area contributed by atoms with Gasteiger partial charge >= 0.3 is 0 Å². The van der Waals surface area contributed by atoms with Gasteiger partial charge in [0.2, 0.25) is 5.91 Å². The normalized spacial score (nSPS) is 11.2. The zero-order valence-electron chi connectivity index (χ0n) is 15.7. The summed E-state index contributed by atoms with van der Waals surface area (Å²) in [6.45, 7) is 3.06. The highest BCUT2D eigenvalue weighted by Crippen LogP contribution is 2.36. The van der Waals surface area contributed by atoms with Crippen molar-refractivity contribution in [2.45, 2.75) is 18.7 Å². The molecule has 0 aliphatic carbocycles. The molecule has 3 aromatic rings. The van der Waals surface area contributed by atoms with E-state index in [1.54, 1.807) is 25.1 Å². The zero-order chi connectivity index (χ0) is 22.1. The topological polar surface area (TPSA) is 101 Å². The Bertz CT molecular complexity index is 1230. The molecule has 3 rings (SSSR count). The summed E-state index contributed by atoms with van der Waals surface area (Å²) in [5.41, 5.74) is 1.85. The third-order valence-corrected chi connectivity index (χ3v) is 6.68. The quantitative estimate of drug-likeness (QED) is 0.485. The molecule has 2 N–H and O–H groups in total. The molecule has 1 amide bonds. The molecular formula is C19H15Cl3N4O3S. The Morgan fingerprint density at radius 1 is 1.07 bits per heavy atom. The first-order valence-electron chi connectivity index (χ1n) is 8.46. The molecule has 2 aromatic heterocycles. The van der Waals surface area contributed by atoms with E-state index in [0.717, 1.165) is 0 Å². The first-order valence-corrected chi connectivity index (χ1v) is 11.1. The molecule has 11 heteroatoms. The van der Waals surface area contributed by atoms with Crippen molar-refractivity contribution in [1.29, 1.82) is 0 Å². The number of benzene rings is 1. The van der Waals surface area contributed by atoms with Crippen LogP contribution in [0.2, 0.25) is 15.2 Å². The van der Waals surface area contributed by atoms with Gasteiger partial charge in [0, 0.05) is 24.9 Å². The second kappa shape index (κ2) is 8.77. The lowest BCUT2D eigenvalue weighted by molar-refractivity contribution is -0.114. The predicted octanol–water partition coefficient (Wildman–Crippen LogP) is 5.17. The molecular weight excluding hydrogens is 471 g/mol. The van der Waals surface area contributed by atoms with Crippen molar-refractivity contribution in [1.82, 2.24) is 9.97 Å². The van der Waals surface area contributed by atoms with Crippen LogP contribution in [-0.2, 0) is 14.8 Å². The van der Waals surface area contributed by atoms with Crippen molar-refractivity contribution in [3.63, 3.8) is 0 Å². The Morgan fingerprint density at radius 2 is 1.73 bits per heavy atom. The second-order valence-corrected chi connectivity index (χ2v) is 9.02. The number of anilines is 2. The number of nitrogens with zero attached hydrogens (tertiary/aromatic N) is 2. The molecule has 0 saturated heterocycles. The van der Waals surface area contributed by atoms with Crippen molar-refractivity contribution in [2.75, 3.05) is 10.0 Å². The summed E-state index contributed by atoms with van der Waals surface area (Å²) in [4.78, 5) is 19.2. The third kappa shape index (κ3) is 4.67. The average Bonchev–Trinajstić information content (AvgIpc) is 2.64. The van der Waals surface area contributed by atoms with Crippen LogP contribution in [0.4, 0.5) is 11.5 Å². The van der Waals surface area contributed by atoms with E-state index >= 15 is 0 Å². The highest BCUT2D eigenvalue weighted by Gasteiger charge is 2.24. The molecule has 0 saturated carbocycles. The molecule has 0 spiro atoms. The molecule has 0 fully saturated rings. The summed E-state index contributed by atoms with van der Waals surface area (Å²) >= 11 is 18.3. The molecule has 0 radical (unpaired) electrons. The van der Waals surface area contributed by atoms with Crippen LogP contribution in [0.1, 0.15) is 12.5 Å². The minimum Gasteiger partial charge on any atom is -0.311 e. The monoisotopic (exact) mass is 484 g/mol. The standard InChI is InChI=1S/C19H15Cl3N4O3S/c1-10-13(12-6-7-23-16(8-12)25-11(2)27)9-24-19(22)17(10)26-30(28,29)18-14(20)4-3-5-15(18)21/h3-9,26H,1-2H3,(H,23,25,27). The Kier molecular flexibility index (Phi) is 6.52. The van der Waals surface area contributed by atoms with Gasteiger partial charge < -0.3 is 5.32 Å². The molecule has 2 heterocycles. The van der Waals surface area contributed by atoms with Crippen LogP contribution in [0.3, 0.4) is 0 Å². The predicted molar refractivity (Wildman–Crippen MR) is 119 cm³/mol. The van der Waals surface area contributed by atoms with E-state index in [4.69, 9.17) is 34.8 Å². The first kappa shape index (κ1) is 22.3. The number of sulfonamides is 1. The number of carbonyl (C=O) groups is 1. The molecule has 0 aliphatic heterocycles. The number of pyridine rings is 2. The van der Waals surface area contributed by atoms with Gasteiger partial charge in [-0.2, -0.15) is 0 Å². The van der Waals surface area contributed by atoms with Gasteiger partial charge in [0.25, 0.3) is 10.0 Å². The van der Waals surface area contributed by atoms with Gasteiger partial charge in [-0.05, 0) is 42.3 Å². The lowest BCUT2D eigenvalue weighted by atomic mass is 10.0. The number of carbonyl (C=O) groups excluding carboxylic acids is 1. The van der Waals surface area contributed by atoms with Gasteiger partial charge in [0.1, 0.15) is 10.7 Å². The number of rotatable bonds is 5. The van der Waals surface area contributed by atoms with E-state index in [2.05, 4.69) is 20.0 Å². The Hall–Kier alpha value is -2.39. The maximum absolute atomic E-state index is 12.9. The van der Waals surface area contributed by atoms with Gasteiger partial charge in [0.05, 0.1) is 15.7 Å². The summed E-state index contributed by atoms with van der Waals surface area (Å²) in [7, 11) is -4.15. The number of halogens is 3. The van der Waals surface area contributed by atoms with Crippen LogP contribution < -0.4 is 10.0 Å². The van der Waals surface area contributed by atoms with Crippen molar-refractivity contribution in [2.24, 2.45) is 0 Å². The lowest BCUT2D eigenvalue weighted by Gasteiger charge is -2.16. The molecule has 1 aromatic carbocycles. The maximum Gasteiger partial charge on any atom is 0.264 e. The fraction of sp³-hybridized carbons (Fsp3) is 0.105. The van der Waals surface area contributed by atoms with Gasteiger partial charge in [0.15, 0.2) is 5.15 Å². The Balaban J connectivity index is 2.07. The first-order chi connectivity index (χ1) is 14.1. The van der Waals surface area contributed by atoms with Crippen LogP contribution in [0.25, 0.3) is 11.1 Å². The summed E-state index contributed by atoms with van der Waals surface area (Å²) in [6, 6.07) is 7.73. The van der Waals surface area contributed by atoms with Crippen LogP contribution >= 0.6 is 34.8 Å². The fourth-order valence-electron chi connectivity index (χ4n) is 2.75. The molecule has 156 valence electrons. The fourth-order valence-corrected chi connectivity index (χ4v) is 5.32. The zero-order valence-corrected chi connectivity index (χ0v) is 18.8. The summed E-state index contributed by atoms with van der Waals surface area (Å²) in [6.07, 6.45) is 3.02. The van der Waals surface area contributed by atoms with Crippen LogP contribution in [0, 0.1) is 6.92 Å². The highest BCUT2D eigenvalue weighted by molar-refractivity contribution is 7.93. The van der Waals surface area contributed by atoms with Crippen molar-refractivity contribution < 1.29 is 13.2 Å². The van der Waals surface area contributed by atoms with Gasteiger partial charge in [-0.25, -0.2) is 18.4 Å². The van der Waals surface area contributed by atoms with E-state index in [1.807, 2.05) is 0 Å². The van der Waals surface area contributed by atoms with E-state index in [1.165, 1.54) is 31.5 Å². The highest BCUT2D eigenvalue weighted by atomic mass is 35.5. The van der Waals surface area contributed by atoms with Gasteiger partial charge in [-0.1, -0.05) is 40.9 Å². The summed E-state index contributed by atoms with van der Waals surface area (Å²) < 4.78 is 28.3. The van der Waals surface area contributed by atoms with E-state index in [9.17, 15) is 13.2 Å².